The minimum Gasteiger partial charge on any atom is -0.445 e. The lowest BCUT2D eigenvalue weighted by atomic mass is 10.2. The Morgan fingerprint density at radius 1 is 1.33 bits per heavy atom. The molecule has 110 valence electrons. The summed E-state index contributed by atoms with van der Waals surface area (Å²) in [6.07, 6.45) is -0.282. The Balaban J connectivity index is 1.63. The number of hydrogen-bond acceptors (Lipinski definition) is 3. The molecule has 0 saturated carbocycles. The molecule has 0 N–H and O–H groups in total. The van der Waals surface area contributed by atoms with Crippen molar-refractivity contribution in [3.63, 3.8) is 0 Å². The van der Waals surface area contributed by atoms with Crippen LogP contribution in [-0.4, -0.2) is 27.1 Å². The van der Waals surface area contributed by atoms with E-state index in [0.29, 0.717) is 19.7 Å². The van der Waals surface area contributed by atoms with E-state index in [1.807, 2.05) is 37.3 Å². The van der Waals surface area contributed by atoms with Crippen molar-refractivity contribution in [2.75, 3.05) is 6.54 Å². The van der Waals surface area contributed by atoms with Crippen LogP contribution < -0.4 is 0 Å². The zero-order valence-corrected chi connectivity index (χ0v) is 13.3. The molecule has 0 aliphatic carbocycles. The van der Waals surface area contributed by atoms with Gasteiger partial charge in [0.1, 0.15) is 17.0 Å². The van der Waals surface area contributed by atoms with Gasteiger partial charge in [-0.1, -0.05) is 30.3 Å². The molecule has 6 heteroatoms. The highest BCUT2D eigenvalue weighted by atomic mass is 79.9. The molecular weight excluding hydrogens is 334 g/mol. The summed E-state index contributed by atoms with van der Waals surface area (Å²) < 4.78 is 8.31. The molecule has 1 aliphatic rings. The predicted molar refractivity (Wildman–Crippen MR) is 81.7 cm³/mol. The number of halogens is 1. The molecule has 0 spiro atoms. The smallest absolute Gasteiger partial charge is 0.410 e. The standard InChI is InChI=1S/C15H16BrN3O2/c1-11-17-14(16)13-9-18(7-8-19(11)13)15(20)21-10-12-5-3-2-4-6-12/h2-6H,7-10H2,1H3. The molecule has 0 radical (unpaired) electrons. The molecule has 0 atom stereocenters. The van der Waals surface area contributed by atoms with Crippen molar-refractivity contribution in [2.45, 2.75) is 26.6 Å². The van der Waals surface area contributed by atoms with Crippen LogP contribution in [0.2, 0.25) is 0 Å². The van der Waals surface area contributed by atoms with Gasteiger partial charge in [0.15, 0.2) is 0 Å². The van der Waals surface area contributed by atoms with E-state index < -0.39 is 0 Å². The maximum atomic E-state index is 12.2. The fourth-order valence-corrected chi connectivity index (χ4v) is 3.06. The molecule has 1 amide bonds. The van der Waals surface area contributed by atoms with Crippen LogP contribution in [0.25, 0.3) is 0 Å². The molecule has 2 heterocycles. The Morgan fingerprint density at radius 3 is 2.86 bits per heavy atom. The van der Waals surface area contributed by atoms with Gasteiger partial charge in [0.2, 0.25) is 0 Å². The molecule has 3 rings (SSSR count). The number of carbonyl (C=O) groups excluding carboxylic acids is 1. The molecule has 21 heavy (non-hydrogen) atoms. The maximum Gasteiger partial charge on any atom is 0.410 e. The zero-order chi connectivity index (χ0) is 14.8. The quantitative estimate of drug-likeness (QED) is 0.836. The van der Waals surface area contributed by atoms with Crippen LogP contribution in [0.1, 0.15) is 17.1 Å². The van der Waals surface area contributed by atoms with E-state index in [1.54, 1.807) is 4.90 Å². The Labute approximate surface area is 131 Å². The number of nitrogens with zero attached hydrogens (tertiary/aromatic N) is 3. The lowest BCUT2D eigenvalue weighted by Crippen LogP contribution is -2.38. The Bertz CT molecular complexity index is 654. The second-order valence-electron chi connectivity index (χ2n) is 5.01. The number of aryl methyl sites for hydroxylation is 1. The summed E-state index contributed by atoms with van der Waals surface area (Å²) in [7, 11) is 0. The summed E-state index contributed by atoms with van der Waals surface area (Å²) in [5, 5.41) is 0. The van der Waals surface area contributed by atoms with E-state index >= 15 is 0 Å². The number of amides is 1. The van der Waals surface area contributed by atoms with Crippen LogP contribution in [0.5, 0.6) is 0 Å². The average molecular weight is 350 g/mol. The second kappa shape index (κ2) is 5.89. The largest absolute Gasteiger partial charge is 0.445 e. The van der Waals surface area contributed by atoms with Gasteiger partial charge in [-0.3, -0.25) is 0 Å². The highest BCUT2D eigenvalue weighted by Crippen LogP contribution is 2.23. The molecule has 1 aromatic heterocycles. The number of hydrogen-bond donors (Lipinski definition) is 0. The number of aromatic nitrogens is 2. The van der Waals surface area contributed by atoms with Gasteiger partial charge in [-0.25, -0.2) is 9.78 Å². The Morgan fingerprint density at radius 2 is 2.10 bits per heavy atom. The van der Waals surface area contributed by atoms with Gasteiger partial charge in [-0.2, -0.15) is 0 Å². The number of fused-ring (bicyclic) bond motifs is 1. The van der Waals surface area contributed by atoms with Crippen molar-refractivity contribution < 1.29 is 9.53 Å². The SMILES string of the molecule is Cc1nc(Br)c2n1CCN(C(=O)OCc1ccccc1)C2. The summed E-state index contributed by atoms with van der Waals surface area (Å²) in [6, 6.07) is 9.69. The van der Waals surface area contributed by atoms with Gasteiger partial charge in [0.05, 0.1) is 12.2 Å². The first kappa shape index (κ1) is 14.1. The minimum absolute atomic E-state index is 0.282. The number of benzene rings is 1. The van der Waals surface area contributed by atoms with E-state index in [0.717, 1.165) is 28.2 Å². The Kier molecular flexibility index (Phi) is 3.96. The third kappa shape index (κ3) is 2.95. The highest BCUT2D eigenvalue weighted by Gasteiger charge is 2.25. The fraction of sp³-hybridized carbons (Fsp3) is 0.333. The minimum atomic E-state index is -0.282. The molecule has 1 aromatic carbocycles. The monoisotopic (exact) mass is 349 g/mol. The van der Waals surface area contributed by atoms with E-state index in [4.69, 9.17) is 4.74 Å². The maximum absolute atomic E-state index is 12.2. The van der Waals surface area contributed by atoms with Gasteiger partial charge in [-0.05, 0) is 28.4 Å². The van der Waals surface area contributed by atoms with Gasteiger partial charge >= 0.3 is 6.09 Å². The van der Waals surface area contributed by atoms with Crippen molar-refractivity contribution in [1.29, 1.82) is 0 Å². The van der Waals surface area contributed by atoms with Crippen LogP contribution in [0.15, 0.2) is 34.9 Å². The molecule has 1 aliphatic heterocycles. The molecule has 0 saturated heterocycles. The van der Waals surface area contributed by atoms with Crippen LogP contribution in [0.3, 0.4) is 0 Å². The van der Waals surface area contributed by atoms with Gasteiger partial charge in [0.25, 0.3) is 0 Å². The average Bonchev–Trinajstić information content (AvgIpc) is 2.80. The number of ether oxygens (including phenoxy) is 1. The molecular formula is C15H16BrN3O2. The third-order valence-electron chi connectivity index (χ3n) is 3.61. The fourth-order valence-electron chi connectivity index (χ4n) is 2.47. The topological polar surface area (TPSA) is 47.4 Å². The van der Waals surface area contributed by atoms with Gasteiger partial charge in [0, 0.05) is 13.1 Å². The number of imidazole rings is 1. The molecule has 0 bridgehead atoms. The lowest BCUT2D eigenvalue weighted by Gasteiger charge is -2.28. The first-order valence-electron chi connectivity index (χ1n) is 6.82. The van der Waals surface area contributed by atoms with Crippen molar-refractivity contribution in [2.24, 2.45) is 0 Å². The number of carbonyl (C=O) groups is 1. The van der Waals surface area contributed by atoms with Crippen molar-refractivity contribution >= 4 is 22.0 Å². The van der Waals surface area contributed by atoms with E-state index in [-0.39, 0.29) is 6.09 Å². The van der Waals surface area contributed by atoms with Crippen LogP contribution in [0, 0.1) is 6.92 Å². The number of rotatable bonds is 2. The van der Waals surface area contributed by atoms with E-state index in [1.165, 1.54) is 0 Å². The lowest BCUT2D eigenvalue weighted by molar-refractivity contribution is 0.0866. The molecule has 0 unspecified atom stereocenters. The molecule has 0 fully saturated rings. The highest BCUT2D eigenvalue weighted by molar-refractivity contribution is 9.10. The Hall–Kier alpha value is -1.82. The van der Waals surface area contributed by atoms with Crippen molar-refractivity contribution in [1.82, 2.24) is 14.5 Å². The first-order chi connectivity index (χ1) is 10.1. The molecule has 2 aromatic rings. The van der Waals surface area contributed by atoms with Gasteiger partial charge in [-0.15, -0.1) is 0 Å². The second-order valence-corrected chi connectivity index (χ2v) is 5.76. The zero-order valence-electron chi connectivity index (χ0n) is 11.8. The summed E-state index contributed by atoms with van der Waals surface area (Å²) in [5.74, 6) is 0.967. The summed E-state index contributed by atoms with van der Waals surface area (Å²) in [5.41, 5.74) is 2.01. The van der Waals surface area contributed by atoms with E-state index in [2.05, 4.69) is 25.5 Å². The predicted octanol–water partition coefficient (Wildman–Crippen LogP) is 3.11. The van der Waals surface area contributed by atoms with Crippen molar-refractivity contribution in [3.05, 3.63) is 52.0 Å². The van der Waals surface area contributed by atoms with E-state index in [9.17, 15) is 4.79 Å². The summed E-state index contributed by atoms with van der Waals surface area (Å²) >= 11 is 3.44. The van der Waals surface area contributed by atoms with Crippen LogP contribution in [0.4, 0.5) is 4.79 Å². The van der Waals surface area contributed by atoms with Crippen LogP contribution in [-0.2, 0) is 24.4 Å². The third-order valence-corrected chi connectivity index (χ3v) is 4.25. The van der Waals surface area contributed by atoms with Crippen molar-refractivity contribution in [3.8, 4) is 0 Å². The first-order valence-corrected chi connectivity index (χ1v) is 7.61. The molecule has 5 nitrogen and oxygen atoms in total. The summed E-state index contributed by atoms with van der Waals surface area (Å²) in [4.78, 5) is 18.3. The van der Waals surface area contributed by atoms with Gasteiger partial charge < -0.3 is 14.2 Å². The summed E-state index contributed by atoms with van der Waals surface area (Å²) in [6.45, 7) is 4.19. The van der Waals surface area contributed by atoms with Crippen LogP contribution >= 0.6 is 15.9 Å². The normalized spacial score (nSPS) is 13.9.